The molecule has 0 aliphatic carbocycles. The summed E-state index contributed by atoms with van der Waals surface area (Å²) >= 11 is 0. The van der Waals surface area contributed by atoms with E-state index >= 15 is 0 Å². The van der Waals surface area contributed by atoms with Crippen LogP contribution >= 0.6 is 0 Å². The lowest BCUT2D eigenvalue weighted by Crippen LogP contribution is -2.27. The van der Waals surface area contributed by atoms with Crippen molar-refractivity contribution in [3.8, 4) is 0 Å². The van der Waals surface area contributed by atoms with Crippen LogP contribution < -0.4 is 5.32 Å². The van der Waals surface area contributed by atoms with Gasteiger partial charge in [0.05, 0.1) is 12.7 Å². The minimum absolute atomic E-state index is 0.00491. The number of carbonyl (C=O) groups excluding carboxylic acids is 1. The van der Waals surface area contributed by atoms with E-state index in [4.69, 9.17) is 4.42 Å². The monoisotopic (exact) mass is 336 g/mol. The van der Waals surface area contributed by atoms with Gasteiger partial charge in [0.2, 0.25) is 5.91 Å². The molecule has 1 N–H and O–H groups in total. The summed E-state index contributed by atoms with van der Waals surface area (Å²) in [4.78, 5) is 16.5. The fourth-order valence-electron chi connectivity index (χ4n) is 3.12. The van der Waals surface area contributed by atoms with E-state index in [-0.39, 0.29) is 5.91 Å². The number of aromatic nitrogens is 1. The zero-order valence-corrected chi connectivity index (χ0v) is 15.0. The smallest absolute Gasteiger partial charge is 0.224 e. The first-order valence-corrected chi connectivity index (χ1v) is 8.72. The number of nitrogens with zero attached hydrogens (tertiary/aromatic N) is 1. The van der Waals surface area contributed by atoms with Crippen molar-refractivity contribution in [3.63, 3.8) is 0 Å². The third-order valence-corrected chi connectivity index (χ3v) is 4.44. The topological polar surface area (TPSA) is 55.1 Å². The molecule has 0 aliphatic rings. The highest BCUT2D eigenvalue weighted by Gasteiger charge is 2.13. The molecule has 25 heavy (non-hydrogen) atoms. The van der Waals surface area contributed by atoms with Gasteiger partial charge in [-0.15, -0.1) is 0 Å². The van der Waals surface area contributed by atoms with Crippen LogP contribution in [0.25, 0.3) is 11.0 Å². The maximum Gasteiger partial charge on any atom is 0.224 e. The lowest BCUT2D eigenvalue weighted by molar-refractivity contribution is -0.120. The molecular formula is C21H24N2O2. The van der Waals surface area contributed by atoms with Crippen LogP contribution in [0.5, 0.6) is 0 Å². The minimum Gasteiger partial charge on any atom is -0.464 e. The third-order valence-electron chi connectivity index (χ3n) is 4.44. The van der Waals surface area contributed by atoms with E-state index in [9.17, 15) is 4.79 Å². The van der Waals surface area contributed by atoms with Crippen LogP contribution in [0, 0.1) is 6.92 Å². The van der Waals surface area contributed by atoms with Crippen molar-refractivity contribution in [3.05, 3.63) is 65.2 Å². The van der Waals surface area contributed by atoms with Crippen LogP contribution in [-0.4, -0.2) is 17.4 Å². The zero-order valence-electron chi connectivity index (χ0n) is 15.0. The lowest BCUT2D eigenvalue weighted by atomic mass is 9.95. The summed E-state index contributed by atoms with van der Waals surface area (Å²) in [6.07, 6.45) is 4.53. The van der Waals surface area contributed by atoms with E-state index in [1.165, 1.54) is 11.1 Å². The Morgan fingerprint density at radius 3 is 2.84 bits per heavy atom. The lowest BCUT2D eigenvalue weighted by Gasteiger charge is -2.10. The van der Waals surface area contributed by atoms with Gasteiger partial charge in [0.15, 0.2) is 0 Å². The molecule has 0 saturated carbocycles. The molecule has 0 aliphatic heterocycles. The largest absolute Gasteiger partial charge is 0.464 e. The van der Waals surface area contributed by atoms with Gasteiger partial charge >= 0.3 is 0 Å². The zero-order chi connectivity index (χ0) is 17.8. The van der Waals surface area contributed by atoms with Gasteiger partial charge in [-0.2, -0.15) is 0 Å². The Balaban J connectivity index is 1.66. The number of benzene rings is 1. The fraction of sp³-hybridized carbons (Fsp3) is 0.333. The van der Waals surface area contributed by atoms with Gasteiger partial charge in [0, 0.05) is 35.8 Å². The second kappa shape index (κ2) is 7.51. The number of furan rings is 1. The van der Waals surface area contributed by atoms with Crippen LogP contribution in [-0.2, 0) is 17.6 Å². The van der Waals surface area contributed by atoms with Gasteiger partial charge < -0.3 is 9.73 Å². The Kier molecular flexibility index (Phi) is 5.17. The van der Waals surface area contributed by atoms with Crippen LogP contribution in [0.2, 0.25) is 0 Å². The second-order valence-corrected chi connectivity index (χ2v) is 6.72. The van der Waals surface area contributed by atoms with E-state index in [1.807, 2.05) is 18.2 Å². The van der Waals surface area contributed by atoms with Crippen molar-refractivity contribution in [2.45, 2.75) is 39.5 Å². The normalized spacial score (nSPS) is 11.2. The third kappa shape index (κ3) is 4.08. The number of rotatable bonds is 6. The average molecular weight is 336 g/mol. The fourth-order valence-corrected chi connectivity index (χ4v) is 3.12. The molecule has 0 radical (unpaired) electrons. The van der Waals surface area contributed by atoms with Crippen molar-refractivity contribution < 1.29 is 9.21 Å². The highest BCUT2D eigenvalue weighted by Crippen LogP contribution is 2.29. The molecular weight excluding hydrogens is 312 g/mol. The molecule has 0 atom stereocenters. The predicted molar refractivity (Wildman–Crippen MR) is 99.7 cm³/mol. The van der Waals surface area contributed by atoms with Crippen molar-refractivity contribution in [2.75, 3.05) is 6.54 Å². The number of fused-ring (bicyclic) bond motifs is 1. The van der Waals surface area contributed by atoms with Gasteiger partial charge in [-0.05, 0) is 48.2 Å². The first-order valence-electron chi connectivity index (χ1n) is 8.72. The Bertz CT molecular complexity index is 866. The molecule has 0 spiro atoms. The Morgan fingerprint density at radius 1 is 1.28 bits per heavy atom. The molecule has 0 unspecified atom stereocenters. The number of carbonyl (C=O) groups is 1. The molecule has 3 aromatic rings. The summed E-state index contributed by atoms with van der Waals surface area (Å²) in [6.45, 7) is 7.04. The van der Waals surface area contributed by atoms with Crippen molar-refractivity contribution in [1.82, 2.24) is 10.3 Å². The number of pyridine rings is 1. The first-order chi connectivity index (χ1) is 12.0. The molecule has 1 amide bonds. The molecule has 4 nitrogen and oxygen atoms in total. The number of amides is 1. The van der Waals surface area contributed by atoms with Crippen LogP contribution in [0.4, 0.5) is 0 Å². The standard InChI is InChI=1S/C21H24N2O2/c1-14(2)18-12-19-16(13-25-20(19)10-15(18)3)11-21(24)23-9-7-17-6-4-5-8-22-17/h4-6,8,10,12-14H,7,9,11H2,1-3H3,(H,23,24). The number of aryl methyl sites for hydroxylation is 1. The van der Waals surface area contributed by atoms with Crippen LogP contribution in [0.1, 0.15) is 42.1 Å². The predicted octanol–water partition coefficient (Wildman–Crippen LogP) is 4.16. The average Bonchev–Trinajstić information content (AvgIpc) is 2.96. The summed E-state index contributed by atoms with van der Waals surface area (Å²) in [7, 11) is 0. The number of hydrogen-bond donors (Lipinski definition) is 1. The van der Waals surface area contributed by atoms with Crippen molar-refractivity contribution >= 4 is 16.9 Å². The summed E-state index contributed by atoms with van der Waals surface area (Å²) in [5.74, 6) is 0.449. The molecule has 3 rings (SSSR count). The van der Waals surface area contributed by atoms with E-state index in [0.717, 1.165) is 28.6 Å². The molecule has 0 bridgehead atoms. The van der Waals surface area contributed by atoms with Gasteiger partial charge in [-0.1, -0.05) is 19.9 Å². The Hall–Kier alpha value is -2.62. The molecule has 0 saturated heterocycles. The Morgan fingerprint density at radius 2 is 2.12 bits per heavy atom. The molecule has 2 heterocycles. The molecule has 1 aromatic carbocycles. The van der Waals surface area contributed by atoms with Crippen molar-refractivity contribution in [2.24, 2.45) is 0 Å². The van der Waals surface area contributed by atoms with Crippen molar-refractivity contribution in [1.29, 1.82) is 0 Å². The van der Waals surface area contributed by atoms with Gasteiger partial charge in [-0.25, -0.2) is 0 Å². The Labute approximate surface area is 148 Å². The van der Waals surface area contributed by atoms with Gasteiger partial charge in [0.25, 0.3) is 0 Å². The first kappa shape index (κ1) is 17.2. The number of hydrogen-bond acceptors (Lipinski definition) is 3. The highest BCUT2D eigenvalue weighted by molar-refractivity contribution is 5.88. The molecule has 0 fully saturated rings. The SMILES string of the molecule is Cc1cc2occ(CC(=O)NCCc3ccccn3)c2cc1C(C)C. The summed E-state index contributed by atoms with van der Waals surface area (Å²) in [5.41, 5.74) is 5.29. The summed E-state index contributed by atoms with van der Waals surface area (Å²) < 4.78 is 5.65. The highest BCUT2D eigenvalue weighted by atomic mass is 16.3. The van der Waals surface area contributed by atoms with Crippen LogP contribution in [0.3, 0.4) is 0 Å². The summed E-state index contributed by atoms with van der Waals surface area (Å²) in [6, 6.07) is 10.0. The van der Waals surface area contributed by atoms with Crippen LogP contribution in [0.15, 0.2) is 47.2 Å². The molecule has 4 heteroatoms. The quantitative estimate of drug-likeness (QED) is 0.735. The van der Waals surface area contributed by atoms with Gasteiger partial charge in [0.1, 0.15) is 5.58 Å². The maximum absolute atomic E-state index is 12.3. The maximum atomic E-state index is 12.3. The van der Waals surface area contributed by atoms with E-state index in [2.05, 4.69) is 43.2 Å². The second-order valence-electron chi connectivity index (χ2n) is 6.72. The van der Waals surface area contributed by atoms with E-state index in [0.29, 0.717) is 18.9 Å². The minimum atomic E-state index is 0.00491. The van der Waals surface area contributed by atoms with Gasteiger partial charge in [-0.3, -0.25) is 9.78 Å². The summed E-state index contributed by atoms with van der Waals surface area (Å²) in [5, 5.41) is 4.00. The number of nitrogens with one attached hydrogen (secondary N) is 1. The molecule has 2 aromatic heterocycles. The van der Waals surface area contributed by atoms with E-state index in [1.54, 1.807) is 12.5 Å². The van der Waals surface area contributed by atoms with E-state index < -0.39 is 0 Å². The molecule has 130 valence electrons.